The summed E-state index contributed by atoms with van der Waals surface area (Å²) in [5, 5.41) is 0.0103. The molecule has 1 aliphatic heterocycles. The summed E-state index contributed by atoms with van der Waals surface area (Å²) >= 11 is 0. The smallest absolute Gasteiger partial charge is 0.236 e. The molecule has 0 spiro atoms. The minimum atomic E-state index is -3.77. The third kappa shape index (κ3) is 3.69. The second-order valence-electron chi connectivity index (χ2n) is 7.21. The predicted octanol–water partition coefficient (Wildman–Crippen LogP) is 4.86. The SMILES string of the molecule is Cc1ccc(-c2nc(S(=O)(=O)c3ccccc3)c(N3CCCCCC3)o2)cc1. The van der Waals surface area contributed by atoms with Crippen molar-refractivity contribution in [3.63, 3.8) is 0 Å². The molecule has 146 valence electrons. The van der Waals surface area contributed by atoms with Crippen LogP contribution < -0.4 is 4.90 Å². The number of anilines is 1. The lowest BCUT2D eigenvalue weighted by Crippen LogP contribution is -2.25. The Morgan fingerprint density at radius 1 is 0.893 bits per heavy atom. The van der Waals surface area contributed by atoms with E-state index in [1.165, 1.54) is 0 Å². The van der Waals surface area contributed by atoms with Crippen LogP contribution >= 0.6 is 0 Å². The maximum absolute atomic E-state index is 13.3. The van der Waals surface area contributed by atoms with Crippen LogP contribution in [0, 0.1) is 6.92 Å². The molecule has 0 saturated carbocycles. The largest absolute Gasteiger partial charge is 0.419 e. The van der Waals surface area contributed by atoms with Gasteiger partial charge in [0, 0.05) is 18.7 Å². The Kier molecular flexibility index (Phi) is 5.22. The topological polar surface area (TPSA) is 63.4 Å². The van der Waals surface area contributed by atoms with Gasteiger partial charge in [-0.05, 0) is 44.0 Å². The number of aromatic nitrogens is 1. The van der Waals surface area contributed by atoms with Gasteiger partial charge in [0.25, 0.3) is 0 Å². The summed E-state index contributed by atoms with van der Waals surface area (Å²) in [5.41, 5.74) is 1.90. The first kappa shape index (κ1) is 18.7. The van der Waals surface area contributed by atoms with Crippen molar-refractivity contribution >= 4 is 15.7 Å². The minimum absolute atomic E-state index is 0.0103. The van der Waals surface area contributed by atoms with Gasteiger partial charge in [-0.2, -0.15) is 4.98 Å². The van der Waals surface area contributed by atoms with Crippen molar-refractivity contribution < 1.29 is 12.8 Å². The minimum Gasteiger partial charge on any atom is -0.419 e. The van der Waals surface area contributed by atoms with Crippen LogP contribution in [0.3, 0.4) is 0 Å². The van der Waals surface area contributed by atoms with Crippen molar-refractivity contribution in [2.75, 3.05) is 18.0 Å². The van der Waals surface area contributed by atoms with Gasteiger partial charge in [-0.25, -0.2) is 8.42 Å². The lowest BCUT2D eigenvalue weighted by atomic mass is 10.1. The molecule has 5 nitrogen and oxygen atoms in total. The average molecular weight is 397 g/mol. The van der Waals surface area contributed by atoms with Gasteiger partial charge in [-0.15, -0.1) is 0 Å². The van der Waals surface area contributed by atoms with Crippen LogP contribution in [0.1, 0.15) is 31.2 Å². The fourth-order valence-electron chi connectivity index (χ4n) is 3.48. The van der Waals surface area contributed by atoms with Gasteiger partial charge in [-0.1, -0.05) is 48.7 Å². The Labute approximate surface area is 165 Å². The Bertz CT molecular complexity index is 1030. The van der Waals surface area contributed by atoms with Crippen LogP contribution in [0.15, 0.2) is 68.9 Å². The van der Waals surface area contributed by atoms with E-state index in [9.17, 15) is 8.42 Å². The van der Waals surface area contributed by atoms with Gasteiger partial charge in [-0.3, -0.25) is 0 Å². The zero-order chi connectivity index (χ0) is 19.6. The third-order valence-corrected chi connectivity index (χ3v) is 6.75. The van der Waals surface area contributed by atoms with Gasteiger partial charge < -0.3 is 9.32 Å². The quantitative estimate of drug-likeness (QED) is 0.630. The number of rotatable bonds is 4. The average Bonchev–Trinajstić information content (AvgIpc) is 2.99. The summed E-state index contributed by atoms with van der Waals surface area (Å²) in [6.07, 6.45) is 4.34. The van der Waals surface area contributed by atoms with E-state index in [1.807, 2.05) is 36.1 Å². The Morgan fingerprint density at radius 2 is 1.54 bits per heavy atom. The standard InChI is InChI=1S/C22H24N2O3S/c1-17-11-13-18(14-12-17)20-23-21(28(25,26)19-9-5-4-6-10-19)22(27-20)24-15-7-2-3-8-16-24/h4-6,9-14H,2-3,7-8,15-16H2,1H3. The van der Waals surface area contributed by atoms with Crippen LogP contribution in [0.25, 0.3) is 11.5 Å². The van der Waals surface area contributed by atoms with Gasteiger partial charge in [0.1, 0.15) is 0 Å². The molecule has 0 bridgehead atoms. The molecular formula is C22H24N2O3S. The fraction of sp³-hybridized carbons (Fsp3) is 0.318. The van der Waals surface area contributed by atoms with Crippen LogP contribution in [0.5, 0.6) is 0 Å². The molecule has 4 rings (SSSR count). The van der Waals surface area contributed by atoms with E-state index in [0.29, 0.717) is 11.8 Å². The van der Waals surface area contributed by atoms with E-state index in [1.54, 1.807) is 30.3 Å². The van der Waals surface area contributed by atoms with Crippen LogP contribution in [-0.2, 0) is 9.84 Å². The number of aryl methyl sites for hydroxylation is 1. The van der Waals surface area contributed by atoms with Crippen molar-refractivity contribution in [1.29, 1.82) is 0 Å². The lowest BCUT2D eigenvalue weighted by Gasteiger charge is -2.20. The highest BCUT2D eigenvalue weighted by molar-refractivity contribution is 7.91. The monoisotopic (exact) mass is 396 g/mol. The number of oxazole rings is 1. The van der Waals surface area contributed by atoms with Crippen LogP contribution in [0.2, 0.25) is 0 Å². The summed E-state index contributed by atoms with van der Waals surface area (Å²) in [6, 6.07) is 16.2. The number of nitrogens with zero attached hydrogens (tertiary/aromatic N) is 2. The highest BCUT2D eigenvalue weighted by Crippen LogP contribution is 2.35. The molecule has 0 atom stereocenters. The van der Waals surface area contributed by atoms with E-state index in [0.717, 1.165) is 49.9 Å². The number of hydrogen-bond donors (Lipinski definition) is 0. The maximum atomic E-state index is 13.3. The summed E-state index contributed by atoms with van der Waals surface area (Å²) in [6.45, 7) is 3.56. The van der Waals surface area contributed by atoms with Crippen molar-refractivity contribution in [1.82, 2.24) is 4.98 Å². The second kappa shape index (κ2) is 7.80. The first-order valence-corrected chi connectivity index (χ1v) is 11.2. The number of sulfone groups is 1. The third-order valence-electron chi connectivity index (χ3n) is 5.08. The predicted molar refractivity (Wildman–Crippen MR) is 109 cm³/mol. The van der Waals surface area contributed by atoms with Crippen molar-refractivity contribution in [2.45, 2.75) is 42.5 Å². The molecule has 1 saturated heterocycles. The van der Waals surface area contributed by atoms with Crippen LogP contribution in [0.4, 0.5) is 5.88 Å². The van der Waals surface area contributed by atoms with Crippen molar-refractivity contribution in [3.8, 4) is 11.5 Å². The second-order valence-corrected chi connectivity index (χ2v) is 9.08. The summed E-state index contributed by atoms with van der Waals surface area (Å²) < 4.78 is 32.7. The van der Waals surface area contributed by atoms with E-state index in [2.05, 4.69) is 4.98 Å². The van der Waals surface area contributed by atoms with Gasteiger partial charge in [0.05, 0.1) is 4.90 Å². The molecule has 1 aromatic heterocycles. The maximum Gasteiger partial charge on any atom is 0.236 e. The highest BCUT2D eigenvalue weighted by Gasteiger charge is 2.31. The molecule has 0 amide bonds. The van der Waals surface area contributed by atoms with E-state index < -0.39 is 9.84 Å². The molecular weight excluding hydrogens is 372 g/mol. The summed E-state index contributed by atoms with van der Waals surface area (Å²) in [7, 11) is -3.77. The Morgan fingerprint density at radius 3 is 2.18 bits per heavy atom. The van der Waals surface area contributed by atoms with E-state index in [4.69, 9.17) is 4.42 Å². The van der Waals surface area contributed by atoms with Gasteiger partial charge in [0.2, 0.25) is 26.6 Å². The Hall–Kier alpha value is -2.60. The lowest BCUT2D eigenvalue weighted by molar-refractivity contribution is 0.543. The molecule has 1 fully saturated rings. The highest BCUT2D eigenvalue weighted by atomic mass is 32.2. The summed E-state index contributed by atoms with van der Waals surface area (Å²) in [5.74, 6) is 0.704. The normalized spacial score (nSPS) is 15.4. The molecule has 2 aromatic carbocycles. The molecule has 0 N–H and O–H groups in total. The van der Waals surface area contributed by atoms with Crippen molar-refractivity contribution in [3.05, 3.63) is 60.2 Å². The molecule has 2 heterocycles. The van der Waals surface area contributed by atoms with Crippen LogP contribution in [-0.4, -0.2) is 26.5 Å². The number of benzene rings is 2. The number of hydrogen-bond acceptors (Lipinski definition) is 5. The van der Waals surface area contributed by atoms with E-state index in [-0.39, 0.29) is 9.92 Å². The fourth-order valence-corrected chi connectivity index (χ4v) is 4.82. The van der Waals surface area contributed by atoms with Crippen molar-refractivity contribution in [2.24, 2.45) is 0 Å². The molecule has 1 aliphatic rings. The molecule has 0 radical (unpaired) electrons. The zero-order valence-corrected chi connectivity index (χ0v) is 16.8. The molecule has 6 heteroatoms. The van der Waals surface area contributed by atoms with E-state index >= 15 is 0 Å². The molecule has 3 aromatic rings. The van der Waals surface area contributed by atoms with Gasteiger partial charge >= 0.3 is 0 Å². The first-order chi connectivity index (χ1) is 13.6. The summed E-state index contributed by atoms with van der Waals surface area (Å²) in [4.78, 5) is 6.73. The first-order valence-electron chi connectivity index (χ1n) is 9.69. The Balaban J connectivity index is 1.84. The molecule has 0 unspecified atom stereocenters. The van der Waals surface area contributed by atoms with Gasteiger partial charge in [0.15, 0.2) is 0 Å². The molecule has 0 aliphatic carbocycles. The molecule has 28 heavy (non-hydrogen) atoms. The zero-order valence-electron chi connectivity index (χ0n) is 16.0.